The molecule has 1 heterocycles. The molecule has 1 saturated heterocycles. The Morgan fingerprint density at radius 2 is 2.04 bits per heavy atom. The van der Waals surface area contributed by atoms with Gasteiger partial charge in [0.25, 0.3) is 12.4 Å². The van der Waals surface area contributed by atoms with E-state index in [1.807, 2.05) is 24.3 Å². The van der Waals surface area contributed by atoms with Crippen molar-refractivity contribution in [1.29, 1.82) is 0 Å². The van der Waals surface area contributed by atoms with E-state index in [0.717, 1.165) is 11.1 Å². The lowest BCUT2D eigenvalue weighted by molar-refractivity contribution is -0.152. The van der Waals surface area contributed by atoms with Crippen molar-refractivity contribution < 1.29 is 18.7 Å². The molecule has 0 aliphatic carbocycles. The minimum atomic E-state index is -1.11. The van der Waals surface area contributed by atoms with Crippen LogP contribution in [0.5, 0.6) is 0 Å². The third kappa shape index (κ3) is 3.66. The largest absolute Gasteiger partial charge is 0.451 e. The van der Waals surface area contributed by atoms with E-state index in [1.165, 1.54) is 12.1 Å². The number of carbonyl (C=O) groups is 2. The van der Waals surface area contributed by atoms with Gasteiger partial charge in [-0.05, 0) is 42.7 Å². The molecule has 2 aromatic carbocycles. The fourth-order valence-electron chi connectivity index (χ4n) is 3.11. The average Bonchev–Trinajstić information content (AvgIpc) is 2.85. The van der Waals surface area contributed by atoms with Crippen LogP contribution in [0, 0.1) is 5.82 Å². The van der Waals surface area contributed by atoms with Crippen LogP contribution in [0.4, 0.5) is 4.39 Å². The first-order valence-corrected chi connectivity index (χ1v) is 8.26. The fourth-order valence-corrected chi connectivity index (χ4v) is 3.28. The number of carbonyl (C=O) groups excluding carboxylic acids is 2. The lowest BCUT2D eigenvalue weighted by Crippen LogP contribution is -2.37. The Kier molecular flexibility index (Phi) is 4.77. The number of hydrogen-bond acceptors (Lipinski definition) is 3. The molecule has 2 atom stereocenters. The van der Waals surface area contributed by atoms with E-state index in [9.17, 15) is 14.0 Å². The van der Waals surface area contributed by atoms with Crippen LogP contribution in [0.2, 0.25) is 5.02 Å². The van der Waals surface area contributed by atoms with Crippen LogP contribution < -0.4 is 5.32 Å². The van der Waals surface area contributed by atoms with E-state index in [2.05, 4.69) is 5.32 Å². The first-order valence-electron chi connectivity index (χ1n) is 7.88. The maximum Gasteiger partial charge on any atom is 0.294 e. The number of hydrogen-bond donors (Lipinski definition) is 1. The summed E-state index contributed by atoms with van der Waals surface area (Å²) >= 11 is 5.93. The van der Waals surface area contributed by atoms with Crippen molar-refractivity contribution >= 4 is 24.0 Å². The summed E-state index contributed by atoms with van der Waals surface area (Å²) in [5.74, 6) is -0.621. The van der Waals surface area contributed by atoms with E-state index in [1.54, 1.807) is 13.0 Å². The predicted octanol–water partition coefficient (Wildman–Crippen LogP) is 3.51. The first kappa shape index (κ1) is 17.4. The Morgan fingerprint density at radius 3 is 2.72 bits per heavy atom. The van der Waals surface area contributed by atoms with Crippen LogP contribution in [0.25, 0.3) is 11.1 Å². The summed E-state index contributed by atoms with van der Waals surface area (Å²) in [5, 5.41) is 3.32. The molecule has 1 aliphatic rings. The van der Waals surface area contributed by atoms with Crippen molar-refractivity contribution in [3.05, 3.63) is 58.9 Å². The zero-order chi connectivity index (χ0) is 18.0. The van der Waals surface area contributed by atoms with Gasteiger partial charge in [0.05, 0.1) is 0 Å². The van der Waals surface area contributed by atoms with Gasteiger partial charge in [-0.3, -0.25) is 9.59 Å². The number of ether oxygens (including phenoxy) is 1. The second kappa shape index (κ2) is 6.84. The van der Waals surface area contributed by atoms with Gasteiger partial charge in [0.2, 0.25) is 0 Å². The fraction of sp³-hybridized carbons (Fsp3) is 0.263. The van der Waals surface area contributed by atoms with E-state index in [0.29, 0.717) is 29.9 Å². The standard InChI is InChI=1S/C19H17ClFNO3/c1-19(25-11-23)10-15(22-18(19)24)8-12-2-4-13(5-3-12)16-9-14(20)6-7-17(16)21/h2-7,9,11,15H,8,10H2,1H3,(H,22,24)/t15-,19?/m1/s1. The Hall–Kier alpha value is -2.40. The topological polar surface area (TPSA) is 55.4 Å². The molecular weight excluding hydrogens is 345 g/mol. The predicted molar refractivity (Wildman–Crippen MR) is 92.7 cm³/mol. The van der Waals surface area contributed by atoms with E-state index < -0.39 is 5.60 Å². The first-order chi connectivity index (χ1) is 11.9. The van der Waals surface area contributed by atoms with Gasteiger partial charge in [0, 0.05) is 23.0 Å². The van der Waals surface area contributed by atoms with Crippen LogP contribution in [0.1, 0.15) is 18.9 Å². The second-order valence-electron chi connectivity index (χ2n) is 6.34. The molecule has 130 valence electrons. The zero-order valence-electron chi connectivity index (χ0n) is 13.6. The lowest BCUT2D eigenvalue weighted by Gasteiger charge is -2.18. The number of halogens is 2. The lowest BCUT2D eigenvalue weighted by atomic mass is 9.96. The minimum absolute atomic E-state index is 0.119. The van der Waals surface area contributed by atoms with Crippen LogP contribution >= 0.6 is 11.6 Å². The van der Waals surface area contributed by atoms with Gasteiger partial charge in [0.15, 0.2) is 5.60 Å². The van der Waals surface area contributed by atoms with Crippen LogP contribution in [-0.4, -0.2) is 24.0 Å². The van der Waals surface area contributed by atoms with Crippen LogP contribution in [0.3, 0.4) is 0 Å². The van der Waals surface area contributed by atoms with Gasteiger partial charge in [-0.15, -0.1) is 0 Å². The van der Waals surface area contributed by atoms with E-state index >= 15 is 0 Å². The maximum absolute atomic E-state index is 13.9. The Bertz CT molecular complexity index is 809. The molecule has 1 N–H and O–H groups in total. The molecular formula is C19H17ClFNO3. The monoisotopic (exact) mass is 361 g/mol. The van der Waals surface area contributed by atoms with Gasteiger partial charge in [-0.25, -0.2) is 4.39 Å². The summed E-state index contributed by atoms with van der Waals surface area (Å²) in [6.45, 7) is 1.90. The molecule has 0 radical (unpaired) electrons. The summed E-state index contributed by atoms with van der Waals surface area (Å²) < 4.78 is 18.9. The normalized spacial score (nSPS) is 22.5. The van der Waals surface area contributed by atoms with Crippen molar-refractivity contribution in [3.8, 4) is 11.1 Å². The zero-order valence-corrected chi connectivity index (χ0v) is 14.3. The van der Waals surface area contributed by atoms with Crippen molar-refractivity contribution in [3.63, 3.8) is 0 Å². The molecule has 0 spiro atoms. The quantitative estimate of drug-likeness (QED) is 0.829. The summed E-state index contributed by atoms with van der Waals surface area (Å²) in [7, 11) is 0. The van der Waals surface area contributed by atoms with Gasteiger partial charge in [-0.1, -0.05) is 35.9 Å². The molecule has 2 aromatic rings. The highest BCUT2D eigenvalue weighted by molar-refractivity contribution is 6.30. The molecule has 0 saturated carbocycles. The minimum Gasteiger partial charge on any atom is -0.451 e. The maximum atomic E-state index is 13.9. The average molecular weight is 362 g/mol. The van der Waals surface area contributed by atoms with Gasteiger partial charge in [0.1, 0.15) is 5.82 Å². The highest BCUT2D eigenvalue weighted by Crippen LogP contribution is 2.28. The molecule has 1 fully saturated rings. The van der Waals surface area contributed by atoms with Crippen molar-refractivity contribution in [1.82, 2.24) is 5.32 Å². The highest BCUT2D eigenvalue weighted by Gasteiger charge is 2.44. The summed E-state index contributed by atoms with van der Waals surface area (Å²) in [6.07, 6.45) is 1.01. The van der Waals surface area contributed by atoms with E-state index in [4.69, 9.17) is 16.3 Å². The molecule has 0 bridgehead atoms. The molecule has 3 rings (SSSR count). The summed E-state index contributed by atoms with van der Waals surface area (Å²) in [5.41, 5.74) is 1.05. The number of amides is 1. The molecule has 0 aromatic heterocycles. The Balaban J connectivity index is 1.73. The third-order valence-corrected chi connectivity index (χ3v) is 4.67. The van der Waals surface area contributed by atoms with Crippen LogP contribution in [0.15, 0.2) is 42.5 Å². The van der Waals surface area contributed by atoms with Crippen molar-refractivity contribution in [2.75, 3.05) is 0 Å². The van der Waals surface area contributed by atoms with Crippen LogP contribution in [-0.2, 0) is 20.7 Å². The van der Waals surface area contributed by atoms with Gasteiger partial charge >= 0.3 is 0 Å². The number of rotatable bonds is 5. The second-order valence-corrected chi connectivity index (χ2v) is 6.78. The smallest absolute Gasteiger partial charge is 0.294 e. The Morgan fingerprint density at radius 1 is 1.32 bits per heavy atom. The van der Waals surface area contributed by atoms with Crippen molar-refractivity contribution in [2.45, 2.75) is 31.4 Å². The molecule has 1 unspecified atom stereocenters. The summed E-state index contributed by atoms with van der Waals surface area (Å²) in [6, 6.07) is 11.7. The Labute approximate surface area is 149 Å². The van der Waals surface area contributed by atoms with Gasteiger partial charge < -0.3 is 10.1 Å². The third-order valence-electron chi connectivity index (χ3n) is 4.44. The molecule has 6 heteroatoms. The molecule has 25 heavy (non-hydrogen) atoms. The number of nitrogens with one attached hydrogen (secondary N) is 1. The molecule has 4 nitrogen and oxygen atoms in total. The molecule has 1 aliphatic heterocycles. The molecule has 1 amide bonds. The summed E-state index contributed by atoms with van der Waals surface area (Å²) in [4.78, 5) is 22.5. The van der Waals surface area contributed by atoms with Gasteiger partial charge in [-0.2, -0.15) is 0 Å². The van der Waals surface area contributed by atoms with E-state index in [-0.39, 0.29) is 17.8 Å². The SMILES string of the molecule is CC1(OC=O)C[C@@H](Cc2ccc(-c3cc(Cl)ccc3F)cc2)NC1=O. The van der Waals surface area contributed by atoms with Crippen molar-refractivity contribution in [2.24, 2.45) is 0 Å². The number of benzene rings is 2. The highest BCUT2D eigenvalue weighted by atomic mass is 35.5.